The molecule has 1 heterocycles. The molecular formula is C14H9F3N2O2S. The van der Waals surface area contributed by atoms with Crippen molar-refractivity contribution in [2.75, 3.05) is 0 Å². The van der Waals surface area contributed by atoms with Gasteiger partial charge in [0.1, 0.15) is 0 Å². The van der Waals surface area contributed by atoms with Gasteiger partial charge in [0.15, 0.2) is 0 Å². The molecule has 0 fully saturated rings. The second kappa shape index (κ2) is 4.84. The van der Waals surface area contributed by atoms with E-state index >= 15 is 0 Å². The zero-order valence-corrected chi connectivity index (χ0v) is 11.8. The largest absolute Gasteiger partial charge is 0.416 e. The monoisotopic (exact) mass is 326 g/mol. The van der Waals surface area contributed by atoms with E-state index in [4.69, 9.17) is 0 Å². The van der Waals surface area contributed by atoms with Crippen LogP contribution in [-0.2, 0) is 16.2 Å². The standard InChI is InChI=1S/C14H9F3N2O2S/c15-14(16,17)11-5-7-12(8-6-11)22(20,21)19-13-4-2-1-3-10(13)9-18-19/h1-9H. The van der Waals surface area contributed by atoms with Gasteiger partial charge in [-0.1, -0.05) is 18.2 Å². The number of hydrogen-bond acceptors (Lipinski definition) is 3. The Morgan fingerprint density at radius 3 is 2.23 bits per heavy atom. The average Bonchev–Trinajstić information content (AvgIpc) is 2.91. The van der Waals surface area contributed by atoms with E-state index < -0.39 is 21.8 Å². The second-order valence-electron chi connectivity index (χ2n) is 4.57. The predicted octanol–water partition coefficient (Wildman–Crippen LogP) is 3.29. The van der Waals surface area contributed by atoms with Gasteiger partial charge in [0, 0.05) is 5.39 Å². The summed E-state index contributed by atoms with van der Waals surface area (Å²) in [6, 6.07) is 9.98. The lowest BCUT2D eigenvalue weighted by Crippen LogP contribution is -2.15. The first-order valence-corrected chi connectivity index (χ1v) is 7.60. The zero-order valence-electron chi connectivity index (χ0n) is 10.9. The van der Waals surface area contributed by atoms with E-state index in [1.807, 2.05) is 0 Å². The molecule has 22 heavy (non-hydrogen) atoms. The van der Waals surface area contributed by atoms with Gasteiger partial charge < -0.3 is 0 Å². The van der Waals surface area contributed by atoms with E-state index in [2.05, 4.69) is 5.10 Å². The molecule has 2 aromatic carbocycles. The summed E-state index contributed by atoms with van der Waals surface area (Å²) in [5, 5.41) is 4.44. The molecule has 0 saturated heterocycles. The first-order chi connectivity index (χ1) is 10.3. The summed E-state index contributed by atoms with van der Waals surface area (Å²) < 4.78 is 63.4. The highest BCUT2D eigenvalue weighted by atomic mass is 32.2. The summed E-state index contributed by atoms with van der Waals surface area (Å²) in [4.78, 5) is -0.255. The summed E-state index contributed by atoms with van der Waals surface area (Å²) in [6.07, 6.45) is -3.13. The van der Waals surface area contributed by atoms with Crippen LogP contribution in [0.25, 0.3) is 10.9 Å². The number of para-hydroxylation sites is 1. The third kappa shape index (κ3) is 2.35. The molecule has 0 aliphatic heterocycles. The molecule has 1 aromatic heterocycles. The summed E-state index contributed by atoms with van der Waals surface area (Å²) in [5.74, 6) is 0. The van der Waals surface area contributed by atoms with Crippen LogP contribution in [0.4, 0.5) is 13.2 Å². The van der Waals surface area contributed by atoms with Crippen LogP contribution < -0.4 is 0 Å². The minimum atomic E-state index is -4.51. The van der Waals surface area contributed by atoms with Crippen LogP contribution in [0.5, 0.6) is 0 Å². The number of halogens is 3. The van der Waals surface area contributed by atoms with Gasteiger partial charge in [0.05, 0.1) is 22.2 Å². The summed E-state index contributed by atoms with van der Waals surface area (Å²) in [5.41, 5.74) is -0.542. The summed E-state index contributed by atoms with van der Waals surface area (Å²) in [7, 11) is -4.05. The van der Waals surface area contributed by atoms with E-state index in [1.54, 1.807) is 24.3 Å². The van der Waals surface area contributed by atoms with E-state index in [1.165, 1.54) is 6.20 Å². The lowest BCUT2D eigenvalue weighted by molar-refractivity contribution is -0.137. The Kier molecular flexibility index (Phi) is 3.21. The molecule has 0 atom stereocenters. The maximum absolute atomic E-state index is 12.5. The number of rotatable bonds is 2. The van der Waals surface area contributed by atoms with Gasteiger partial charge in [-0.25, -0.2) is 0 Å². The van der Waals surface area contributed by atoms with Gasteiger partial charge in [-0.05, 0) is 30.3 Å². The normalized spacial score (nSPS) is 12.7. The highest BCUT2D eigenvalue weighted by Gasteiger charge is 2.31. The summed E-state index contributed by atoms with van der Waals surface area (Å²) in [6.45, 7) is 0. The molecule has 114 valence electrons. The van der Waals surface area contributed by atoms with Crippen LogP contribution in [0, 0.1) is 0 Å². The van der Waals surface area contributed by atoms with Gasteiger partial charge in [-0.15, -0.1) is 0 Å². The van der Waals surface area contributed by atoms with Crippen LogP contribution in [0.15, 0.2) is 59.6 Å². The molecule has 0 unspecified atom stereocenters. The van der Waals surface area contributed by atoms with Crippen molar-refractivity contribution < 1.29 is 21.6 Å². The Bertz CT molecular complexity index is 929. The van der Waals surface area contributed by atoms with Crippen LogP contribution in [0.3, 0.4) is 0 Å². The first kappa shape index (κ1) is 14.6. The second-order valence-corrected chi connectivity index (χ2v) is 6.34. The van der Waals surface area contributed by atoms with Crippen LogP contribution in [-0.4, -0.2) is 17.6 Å². The molecule has 0 saturated carbocycles. The smallest absolute Gasteiger partial charge is 0.199 e. The van der Waals surface area contributed by atoms with Crippen LogP contribution in [0.2, 0.25) is 0 Å². The maximum atomic E-state index is 12.5. The van der Waals surface area contributed by atoms with Crippen molar-refractivity contribution in [2.45, 2.75) is 11.1 Å². The third-order valence-electron chi connectivity index (χ3n) is 3.15. The quantitative estimate of drug-likeness (QED) is 0.726. The molecule has 0 aliphatic rings. The number of benzene rings is 2. The van der Waals surface area contributed by atoms with Crippen molar-refractivity contribution >= 4 is 20.9 Å². The fraction of sp³-hybridized carbons (Fsp3) is 0.0714. The van der Waals surface area contributed by atoms with Crippen molar-refractivity contribution in [3.05, 3.63) is 60.3 Å². The summed E-state index contributed by atoms with van der Waals surface area (Å²) >= 11 is 0. The van der Waals surface area contributed by atoms with Crippen molar-refractivity contribution in [3.8, 4) is 0 Å². The van der Waals surface area contributed by atoms with Gasteiger partial charge >= 0.3 is 6.18 Å². The molecule has 0 N–H and O–H groups in total. The Labute approximate surface area is 123 Å². The van der Waals surface area contributed by atoms with E-state index in [0.29, 0.717) is 10.9 Å². The molecule has 3 aromatic rings. The number of alkyl halides is 3. The number of fused-ring (bicyclic) bond motifs is 1. The maximum Gasteiger partial charge on any atom is 0.416 e. The number of hydrogen-bond donors (Lipinski definition) is 0. The van der Waals surface area contributed by atoms with Crippen LogP contribution >= 0.6 is 0 Å². The average molecular weight is 326 g/mol. The first-order valence-electron chi connectivity index (χ1n) is 6.16. The van der Waals surface area contributed by atoms with Crippen molar-refractivity contribution in [2.24, 2.45) is 0 Å². The Morgan fingerprint density at radius 1 is 0.955 bits per heavy atom. The fourth-order valence-corrected chi connectivity index (χ4v) is 3.33. The third-order valence-corrected chi connectivity index (χ3v) is 4.77. The molecule has 0 radical (unpaired) electrons. The highest BCUT2D eigenvalue weighted by molar-refractivity contribution is 7.90. The zero-order chi connectivity index (χ0) is 16.0. The lowest BCUT2D eigenvalue weighted by Gasteiger charge is -2.09. The Morgan fingerprint density at radius 2 is 1.59 bits per heavy atom. The van der Waals surface area contributed by atoms with E-state index in [9.17, 15) is 21.6 Å². The Balaban J connectivity index is 2.10. The SMILES string of the molecule is O=S(=O)(c1ccc(C(F)(F)F)cc1)n1ncc2ccccc21. The van der Waals surface area contributed by atoms with Crippen molar-refractivity contribution in [1.82, 2.24) is 9.19 Å². The van der Waals surface area contributed by atoms with Gasteiger partial charge in [0.2, 0.25) is 0 Å². The minimum absolute atomic E-state index is 0.255. The lowest BCUT2D eigenvalue weighted by atomic mass is 10.2. The van der Waals surface area contributed by atoms with E-state index in [-0.39, 0.29) is 4.90 Å². The number of nitrogens with zero attached hydrogens (tertiary/aromatic N) is 2. The topological polar surface area (TPSA) is 52.0 Å². The molecule has 8 heteroatoms. The molecule has 0 aliphatic carbocycles. The molecule has 0 bridgehead atoms. The molecule has 0 amide bonds. The molecular weight excluding hydrogens is 317 g/mol. The highest BCUT2D eigenvalue weighted by Crippen LogP contribution is 2.30. The van der Waals surface area contributed by atoms with Gasteiger partial charge in [-0.3, -0.25) is 0 Å². The molecule has 4 nitrogen and oxygen atoms in total. The van der Waals surface area contributed by atoms with Gasteiger partial charge in [0.25, 0.3) is 10.0 Å². The van der Waals surface area contributed by atoms with Crippen LogP contribution in [0.1, 0.15) is 5.56 Å². The van der Waals surface area contributed by atoms with Crippen molar-refractivity contribution in [3.63, 3.8) is 0 Å². The predicted molar refractivity (Wildman–Crippen MR) is 73.8 cm³/mol. The van der Waals surface area contributed by atoms with Crippen molar-refractivity contribution in [1.29, 1.82) is 0 Å². The fourth-order valence-electron chi connectivity index (χ4n) is 2.06. The minimum Gasteiger partial charge on any atom is -0.199 e. The van der Waals surface area contributed by atoms with E-state index in [0.717, 1.165) is 28.4 Å². The number of aromatic nitrogens is 2. The van der Waals surface area contributed by atoms with Gasteiger partial charge in [-0.2, -0.15) is 30.8 Å². The Hall–Kier alpha value is -2.35. The molecule has 0 spiro atoms. The molecule has 3 rings (SSSR count).